The van der Waals surface area contributed by atoms with Crippen LogP contribution in [0, 0.1) is 6.92 Å². The summed E-state index contributed by atoms with van der Waals surface area (Å²) in [6, 6.07) is 4.75. The number of likely N-dealkylation sites (N-methyl/N-ethyl adjacent to an activating group) is 1. The van der Waals surface area contributed by atoms with E-state index in [-0.39, 0.29) is 0 Å². The van der Waals surface area contributed by atoms with Crippen molar-refractivity contribution in [3.8, 4) is 11.3 Å². The summed E-state index contributed by atoms with van der Waals surface area (Å²) < 4.78 is 2.27. The van der Waals surface area contributed by atoms with Crippen molar-refractivity contribution >= 4 is 27.8 Å². The van der Waals surface area contributed by atoms with Crippen molar-refractivity contribution in [2.24, 2.45) is 0 Å². The zero-order chi connectivity index (χ0) is 20.1. The Morgan fingerprint density at radius 1 is 1.03 bits per heavy atom. The Balaban J connectivity index is 1.59. The molecule has 7 heteroatoms. The number of hydrogen-bond donors (Lipinski definition) is 1. The molecule has 5 rings (SSSR count). The first-order chi connectivity index (χ1) is 14.0. The maximum atomic E-state index is 4.72. The lowest BCUT2D eigenvalue weighted by molar-refractivity contribution is 0.313. The van der Waals surface area contributed by atoms with Gasteiger partial charge < -0.3 is 19.4 Å². The molecular weight excluding hydrogens is 362 g/mol. The van der Waals surface area contributed by atoms with Crippen LogP contribution in [-0.2, 0) is 0 Å². The molecule has 1 aliphatic heterocycles. The van der Waals surface area contributed by atoms with Gasteiger partial charge in [-0.1, -0.05) is 0 Å². The van der Waals surface area contributed by atoms with Gasteiger partial charge in [0.1, 0.15) is 17.0 Å². The highest BCUT2D eigenvalue weighted by atomic mass is 15.2. The number of nitrogens with zero attached hydrogens (tertiary/aromatic N) is 6. The molecule has 4 aromatic rings. The van der Waals surface area contributed by atoms with Crippen LogP contribution in [0.15, 0.2) is 30.7 Å². The molecule has 0 spiro atoms. The van der Waals surface area contributed by atoms with Gasteiger partial charge in [0, 0.05) is 49.4 Å². The van der Waals surface area contributed by atoms with E-state index in [1.165, 1.54) is 5.69 Å². The van der Waals surface area contributed by atoms with Crippen molar-refractivity contribution < 1.29 is 0 Å². The number of aromatic amines is 1. The predicted octanol–water partition coefficient (Wildman–Crippen LogP) is 3.62. The van der Waals surface area contributed by atoms with Crippen LogP contribution in [0.25, 0.3) is 33.3 Å². The van der Waals surface area contributed by atoms with E-state index in [1.807, 2.05) is 18.6 Å². The van der Waals surface area contributed by atoms with Gasteiger partial charge in [-0.3, -0.25) is 4.98 Å². The molecular formula is C22H27N7. The van der Waals surface area contributed by atoms with Gasteiger partial charge in [-0.2, -0.15) is 0 Å². The van der Waals surface area contributed by atoms with E-state index in [0.29, 0.717) is 6.04 Å². The SMILES string of the molecule is Cc1nc2cnc(-c3c[nH]c4ncc(N5CCN(C)CC5)cc34)cc2n1C(C)C. The van der Waals surface area contributed by atoms with Gasteiger partial charge in [-0.05, 0) is 40.0 Å². The number of fused-ring (bicyclic) bond motifs is 2. The van der Waals surface area contributed by atoms with Crippen LogP contribution in [-0.4, -0.2) is 62.6 Å². The average molecular weight is 390 g/mol. The first kappa shape index (κ1) is 18.1. The largest absolute Gasteiger partial charge is 0.368 e. The minimum atomic E-state index is 0.351. The van der Waals surface area contributed by atoms with E-state index >= 15 is 0 Å². The summed E-state index contributed by atoms with van der Waals surface area (Å²) in [6.07, 6.45) is 5.87. The van der Waals surface area contributed by atoms with Crippen LogP contribution in [0.1, 0.15) is 25.7 Å². The Bertz CT molecular complexity index is 1180. The highest BCUT2D eigenvalue weighted by Gasteiger charge is 2.18. The van der Waals surface area contributed by atoms with Gasteiger partial charge in [-0.15, -0.1) is 0 Å². The summed E-state index contributed by atoms with van der Waals surface area (Å²) in [5.41, 5.74) is 6.17. The highest BCUT2D eigenvalue weighted by Crippen LogP contribution is 2.31. The quantitative estimate of drug-likeness (QED) is 0.580. The number of aromatic nitrogens is 5. The molecule has 7 nitrogen and oxygen atoms in total. The number of nitrogens with one attached hydrogen (secondary N) is 1. The van der Waals surface area contributed by atoms with Gasteiger partial charge in [0.15, 0.2) is 0 Å². The van der Waals surface area contributed by atoms with E-state index < -0.39 is 0 Å². The van der Waals surface area contributed by atoms with Crippen molar-refractivity contribution in [2.75, 3.05) is 38.1 Å². The Labute approximate surface area is 170 Å². The maximum Gasteiger partial charge on any atom is 0.138 e. The second-order valence-corrected chi connectivity index (χ2v) is 8.26. The minimum Gasteiger partial charge on any atom is -0.368 e. The number of aryl methyl sites for hydroxylation is 1. The topological polar surface area (TPSA) is 65.9 Å². The molecule has 0 bridgehead atoms. The summed E-state index contributed by atoms with van der Waals surface area (Å²) in [5.74, 6) is 1.02. The molecule has 0 aliphatic carbocycles. The first-order valence-corrected chi connectivity index (χ1v) is 10.3. The summed E-state index contributed by atoms with van der Waals surface area (Å²) in [7, 11) is 2.18. The molecule has 0 unspecified atom stereocenters. The third-order valence-corrected chi connectivity index (χ3v) is 5.93. The molecule has 4 aromatic heterocycles. The average Bonchev–Trinajstić information content (AvgIpc) is 3.27. The Morgan fingerprint density at radius 2 is 1.83 bits per heavy atom. The summed E-state index contributed by atoms with van der Waals surface area (Å²) in [6.45, 7) is 10.6. The number of pyridine rings is 2. The van der Waals surface area contributed by atoms with Crippen molar-refractivity contribution in [2.45, 2.75) is 26.8 Å². The Kier molecular flexibility index (Phi) is 4.28. The van der Waals surface area contributed by atoms with Gasteiger partial charge >= 0.3 is 0 Å². The fourth-order valence-electron chi connectivity index (χ4n) is 4.36. The zero-order valence-electron chi connectivity index (χ0n) is 17.5. The second-order valence-electron chi connectivity index (χ2n) is 8.26. The molecule has 150 valence electrons. The summed E-state index contributed by atoms with van der Waals surface area (Å²) >= 11 is 0. The lowest BCUT2D eigenvalue weighted by Crippen LogP contribution is -2.44. The lowest BCUT2D eigenvalue weighted by Gasteiger charge is -2.33. The van der Waals surface area contributed by atoms with Crippen LogP contribution in [0.5, 0.6) is 0 Å². The standard InChI is InChI=1S/C22H27N7/c1-14(2)29-15(3)26-20-13-23-19(10-21(20)29)18-12-25-22-17(18)9-16(11-24-22)28-7-5-27(4)6-8-28/h9-14H,5-8H2,1-4H3,(H,24,25). The molecule has 0 aromatic carbocycles. The van der Waals surface area contributed by atoms with Gasteiger partial charge in [0.2, 0.25) is 0 Å². The summed E-state index contributed by atoms with van der Waals surface area (Å²) in [4.78, 5) is 22.2. The lowest BCUT2D eigenvalue weighted by atomic mass is 10.1. The van der Waals surface area contributed by atoms with Crippen LogP contribution < -0.4 is 4.90 Å². The van der Waals surface area contributed by atoms with E-state index in [9.17, 15) is 0 Å². The number of anilines is 1. The Morgan fingerprint density at radius 3 is 2.59 bits per heavy atom. The molecule has 1 aliphatic rings. The Hall–Kier alpha value is -2.93. The third kappa shape index (κ3) is 3.06. The number of piperazine rings is 1. The molecule has 29 heavy (non-hydrogen) atoms. The molecule has 1 saturated heterocycles. The minimum absolute atomic E-state index is 0.351. The summed E-state index contributed by atoms with van der Waals surface area (Å²) in [5, 5.41) is 1.11. The molecule has 0 radical (unpaired) electrons. The predicted molar refractivity (Wildman–Crippen MR) is 117 cm³/mol. The number of rotatable bonds is 3. The number of imidazole rings is 1. The smallest absolute Gasteiger partial charge is 0.138 e. The van der Waals surface area contributed by atoms with Gasteiger partial charge in [0.05, 0.1) is 29.3 Å². The second kappa shape index (κ2) is 6.84. The molecule has 5 heterocycles. The first-order valence-electron chi connectivity index (χ1n) is 10.3. The van der Waals surface area contributed by atoms with Crippen LogP contribution in [0.4, 0.5) is 5.69 Å². The third-order valence-electron chi connectivity index (χ3n) is 5.93. The normalized spacial score (nSPS) is 15.8. The van der Waals surface area contributed by atoms with Crippen molar-refractivity contribution in [1.82, 2.24) is 29.4 Å². The van der Waals surface area contributed by atoms with E-state index in [0.717, 1.165) is 65.3 Å². The van der Waals surface area contributed by atoms with E-state index in [4.69, 9.17) is 4.98 Å². The van der Waals surface area contributed by atoms with Crippen LogP contribution >= 0.6 is 0 Å². The molecule has 1 N–H and O–H groups in total. The van der Waals surface area contributed by atoms with Crippen molar-refractivity contribution in [3.05, 3.63) is 36.5 Å². The maximum absolute atomic E-state index is 4.72. The van der Waals surface area contributed by atoms with E-state index in [2.05, 4.69) is 69.3 Å². The van der Waals surface area contributed by atoms with E-state index in [1.54, 1.807) is 0 Å². The fraction of sp³-hybridized carbons (Fsp3) is 0.409. The zero-order valence-corrected chi connectivity index (χ0v) is 17.5. The molecule has 0 saturated carbocycles. The van der Waals surface area contributed by atoms with Gasteiger partial charge in [-0.25, -0.2) is 9.97 Å². The molecule has 1 fully saturated rings. The monoisotopic (exact) mass is 389 g/mol. The van der Waals surface area contributed by atoms with Crippen LogP contribution in [0.2, 0.25) is 0 Å². The number of hydrogen-bond acceptors (Lipinski definition) is 5. The van der Waals surface area contributed by atoms with Crippen molar-refractivity contribution in [1.29, 1.82) is 0 Å². The van der Waals surface area contributed by atoms with Gasteiger partial charge in [0.25, 0.3) is 0 Å². The van der Waals surface area contributed by atoms with Crippen molar-refractivity contribution in [3.63, 3.8) is 0 Å². The highest BCUT2D eigenvalue weighted by molar-refractivity contribution is 5.95. The van der Waals surface area contributed by atoms with Crippen LogP contribution in [0.3, 0.4) is 0 Å². The fourth-order valence-corrected chi connectivity index (χ4v) is 4.36. The molecule has 0 amide bonds. The number of H-pyrrole nitrogens is 1. The molecule has 0 atom stereocenters.